The van der Waals surface area contributed by atoms with Gasteiger partial charge in [0.1, 0.15) is 0 Å². The number of hydrogen-bond donors (Lipinski definition) is 1. The maximum absolute atomic E-state index is 12.6. The molecule has 1 N–H and O–H groups in total. The minimum Gasteiger partial charge on any atom is -0.345 e. The molecular formula is C19H21ClN2O3. The smallest absolute Gasteiger partial charge is 0.270 e. The lowest BCUT2D eigenvalue weighted by Gasteiger charge is -2.23. The summed E-state index contributed by atoms with van der Waals surface area (Å²) in [6.07, 6.45) is 0.956. The average Bonchev–Trinajstić information content (AvgIpc) is 2.59. The van der Waals surface area contributed by atoms with E-state index in [1.54, 1.807) is 0 Å². The fraction of sp³-hybridized carbons (Fsp3) is 0.316. The largest absolute Gasteiger partial charge is 0.345 e. The van der Waals surface area contributed by atoms with Crippen LogP contribution in [0.5, 0.6) is 0 Å². The van der Waals surface area contributed by atoms with Gasteiger partial charge in [0, 0.05) is 12.1 Å². The van der Waals surface area contributed by atoms with Gasteiger partial charge in [0.05, 0.1) is 21.6 Å². The van der Waals surface area contributed by atoms with E-state index in [9.17, 15) is 14.9 Å². The molecule has 25 heavy (non-hydrogen) atoms. The number of carbonyl (C=O) groups is 1. The van der Waals surface area contributed by atoms with Crippen LogP contribution in [0.25, 0.3) is 0 Å². The monoisotopic (exact) mass is 360 g/mol. The summed E-state index contributed by atoms with van der Waals surface area (Å²) in [6, 6.07) is 11.8. The first-order valence-corrected chi connectivity index (χ1v) is 8.55. The summed E-state index contributed by atoms with van der Waals surface area (Å²) in [5.74, 6) is -0.175. The molecule has 0 bridgehead atoms. The second-order valence-electron chi connectivity index (χ2n) is 6.21. The van der Waals surface area contributed by atoms with E-state index in [1.165, 1.54) is 23.8 Å². The molecule has 0 radical (unpaired) electrons. The van der Waals surface area contributed by atoms with Gasteiger partial charge in [-0.3, -0.25) is 14.9 Å². The minimum atomic E-state index is -0.542. The van der Waals surface area contributed by atoms with Crippen molar-refractivity contribution in [3.8, 4) is 0 Å². The van der Waals surface area contributed by atoms with Crippen LogP contribution in [0, 0.1) is 16.0 Å². The Morgan fingerprint density at radius 1 is 1.20 bits per heavy atom. The number of nitro benzene ring substituents is 1. The van der Waals surface area contributed by atoms with Gasteiger partial charge in [0.25, 0.3) is 11.6 Å². The molecule has 0 aliphatic carbocycles. The van der Waals surface area contributed by atoms with Gasteiger partial charge in [-0.05, 0) is 29.5 Å². The van der Waals surface area contributed by atoms with Crippen molar-refractivity contribution >= 4 is 23.2 Å². The van der Waals surface area contributed by atoms with Crippen molar-refractivity contribution in [3.63, 3.8) is 0 Å². The molecule has 0 aromatic heterocycles. The van der Waals surface area contributed by atoms with Crippen LogP contribution in [-0.4, -0.2) is 10.8 Å². The summed E-state index contributed by atoms with van der Waals surface area (Å²) in [5.41, 5.74) is 2.33. The first kappa shape index (κ1) is 18.9. The van der Waals surface area contributed by atoms with Crippen LogP contribution in [0.15, 0.2) is 42.5 Å². The third-order valence-corrected chi connectivity index (χ3v) is 4.42. The van der Waals surface area contributed by atoms with E-state index in [-0.39, 0.29) is 34.1 Å². The van der Waals surface area contributed by atoms with Gasteiger partial charge in [0.2, 0.25) is 0 Å². The maximum atomic E-state index is 12.6. The van der Waals surface area contributed by atoms with E-state index in [0.29, 0.717) is 0 Å². The summed E-state index contributed by atoms with van der Waals surface area (Å²) in [6.45, 7) is 6.14. The third-order valence-electron chi connectivity index (χ3n) is 4.11. The molecule has 0 saturated carbocycles. The third kappa shape index (κ3) is 4.57. The van der Waals surface area contributed by atoms with Gasteiger partial charge in [0.15, 0.2) is 0 Å². The second-order valence-corrected chi connectivity index (χ2v) is 6.62. The molecule has 0 aliphatic rings. The molecule has 0 aliphatic heterocycles. The number of non-ortho nitro benzene ring substituents is 1. The van der Waals surface area contributed by atoms with Crippen LogP contribution < -0.4 is 5.32 Å². The molecule has 1 atom stereocenters. The molecule has 2 rings (SSSR count). The van der Waals surface area contributed by atoms with Gasteiger partial charge in [-0.1, -0.05) is 56.6 Å². The number of carbonyl (C=O) groups excluding carboxylic acids is 1. The zero-order valence-corrected chi connectivity index (χ0v) is 15.2. The number of amides is 1. The second kappa shape index (κ2) is 8.12. The summed E-state index contributed by atoms with van der Waals surface area (Å²) in [5, 5.41) is 13.8. The van der Waals surface area contributed by atoms with Crippen LogP contribution in [0.1, 0.15) is 48.3 Å². The van der Waals surface area contributed by atoms with Crippen LogP contribution >= 0.6 is 11.6 Å². The SMILES string of the molecule is CCc1ccc([C@@H](NC(=O)c2ccc([N+](=O)[O-])cc2Cl)C(C)C)cc1. The molecule has 0 saturated heterocycles. The Balaban J connectivity index is 2.24. The van der Waals surface area contributed by atoms with Crippen LogP contribution in [0.4, 0.5) is 5.69 Å². The topological polar surface area (TPSA) is 72.2 Å². The number of aryl methyl sites for hydroxylation is 1. The quantitative estimate of drug-likeness (QED) is 0.585. The highest BCUT2D eigenvalue weighted by atomic mass is 35.5. The van der Waals surface area contributed by atoms with E-state index < -0.39 is 4.92 Å². The molecule has 0 spiro atoms. The Labute approximate surface area is 152 Å². The zero-order chi connectivity index (χ0) is 18.6. The number of benzene rings is 2. The highest BCUT2D eigenvalue weighted by molar-refractivity contribution is 6.34. The van der Waals surface area contributed by atoms with Gasteiger partial charge in [-0.25, -0.2) is 0 Å². The van der Waals surface area contributed by atoms with Crippen molar-refractivity contribution < 1.29 is 9.72 Å². The summed E-state index contributed by atoms with van der Waals surface area (Å²) < 4.78 is 0. The Morgan fingerprint density at radius 3 is 2.32 bits per heavy atom. The normalized spacial score (nSPS) is 12.0. The number of halogens is 1. The molecule has 5 nitrogen and oxygen atoms in total. The van der Waals surface area contributed by atoms with E-state index in [2.05, 4.69) is 24.4 Å². The Kier molecular flexibility index (Phi) is 6.15. The van der Waals surface area contributed by atoms with Crippen LogP contribution in [-0.2, 0) is 6.42 Å². The molecule has 132 valence electrons. The lowest BCUT2D eigenvalue weighted by Crippen LogP contribution is -2.32. The molecule has 2 aromatic carbocycles. The molecule has 0 unspecified atom stereocenters. The standard InChI is InChI=1S/C19H21ClN2O3/c1-4-13-5-7-14(8-6-13)18(12(2)3)21-19(23)16-10-9-15(22(24)25)11-17(16)20/h5-12,18H,4H2,1-3H3,(H,21,23)/t18-/m0/s1. The van der Waals surface area contributed by atoms with E-state index in [1.807, 2.05) is 26.0 Å². The average molecular weight is 361 g/mol. The molecule has 0 heterocycles. The number of nitrogens with one attached hydrogen (secondary N) is 1. The highest BCUT2D eigenvalue weighted by Gasteiger charge is 2.21. The summed E-state index contributed by atoms with van der Waals surface area (Å²) >= 11 is 6.05. The van der Waals surface area contributed by atoms with E-state index in [0.717, 1.165) is 12.0 Å². The van der Waals surface area contributed by atoms with Crippen molar-refractivity contribution in [1.82, 2.24) is 5.32 Å². The van der Waals surface area contributed by atoms with E-state index in [4.69, 9.17) is 11.6 Å². The van der Waals surface area contributed by atoms with Gasteiger partial charge < -0.3 is 5.32 Å². The van der Waals surface area contributed by atoms with Crippen molar-refractivity contribution in [2.45, 2.75) is 33.2 Å². The first-order valence-electron chi connectivity index (χ1n) is 8.17. The van der Waals surface area contributed by atoms with Crippen molar-refractivity contribution in [2.75, 3.05) is 0 Å². The molecular weight excluding hydrogens is 340 g/mol. The fourth-order valence-electron chi connectivity index (χ4n) is 2.62. The van der Waals surface area contributed by atoms with Gasteiger partial charge in [-0.15, -0.1) is 0 Å². The zero-order valence-electron chi connectivity index (χ0n) is 14.5. The van der Waals surface area contributed by atoms with Gasteiger partial charge >= 0.3 is 0 Å². The fourth-order valence-corrected chi connectivity index (χ4v) is 2.88. The minimum absolute atomic E-state index is 0.0653. The number of rotatable bonds is 6. The van der Waals surface area contributed by atoms with Crippen molar-refractivity contribution in [1.29, 1.82) is 0 Å². The van der Waals surface area contributed by atoms with Crippen molar-refractivity contribution in [2.24, 2.45) is 5.92 Å². The maximum Gasteiger partial charge on any atom is 0.270 e. The molecule has 0 fully saturated rings. The lowest BCUT2D eigenvalue weighted by molar-refractivity contribution is -0.384. The Morgan fingerprint density at radius 2 is 1.84 bits per heavy atom. The predicted molar refractivity (Wildman–Crippen MR) is 99.0 cm³/mol. The van der Waals surface area contributed by atoms with Crippen LogP contribution in [0.2, 0.25) is 5.02 Å². The molecule has 1 amide bonds. The van der Waals surface area contributed by atoms with Crippen molar-refractivity contribution in [3.05, 3.63) is 74.3 Å². The number of hydrogen-bond acceptors (Lipinski definition) is 3. The Bertz CT molecular complexity index is 773. The van der Waals surface area contributed by atoms with Crippen LogP contribution in [0.3, 0.4) is 0 Å². The predicted octanol–water partition coefficient (Wildman–Crippen LogP) is 4.94. The molecule has 2 aromatic rings. The molecule has 6 heteroatoms. The number of nitro groups is 1. The number of nitrogens with zero attached hydrogens (tertiary/aromatic N) is 1. The van der Waals surface area contributed by atoms with E-state index >= 15 is 0 Å². The Hall–Kier alpha value is -2.40. The first-order chi connectivity index (χ1) is 11.8. The lowest BCUT2D eigenvalue weighted by atomic mass is 9.94. The van der Waals surface area contributed by atoms with Gasteiger partial charge in [-0.2, -0.15) is 0 Å². The summed E-state index contributed by atoms with van der Waals surface area (Å²) in [7, 11) is 0. The summed E-state index contributed by atoms with van der Waals surface area (Å²) in [4.78, 5) is 22.8. The highest BCUT2D eigenvalue weighted by Crippen LogP contribution is 2.26.